The predicted molar refractivity (Wildman–Crippen MR) is 77.7 cm³/mol. The van der Waals surface area contributed by atoms with E-state index >= 15 is 0 Å². The van der Waals surface area contributed by atoms with Crippen LogP contribution in [0.1, 0.15) is 24.4 Å². The molecule has 0 radical (unpaired) electrons. The first-order chi connectivity index (χ1) is 10.1. The van der Waals surface area contributed by atoms with Crippen LogP contribution in [0.3, 0.4) is 0 Å². The van der Waals surface area contributed by atoms with Crippen LogP contribution in [0.4, 0.5) is 5.69 Å². The van der Waals surface area contributed by atoms with Gasteiger partial charge in [0.2, 0.25) is 5.91 Å². The van der Waals surface area contributed by atoms with Crippen molar-refractivity contribution in [3.05, 3.63) is 48.7 Å². The number of nitrogens with one attached hydrogen (secondary N) is 2. The average molecular weight is 287 g/mol. The van der Waals surface area contributed by atoms with Gasteiger partial charge in [0.05, 0.1) is 18.1 Å². The molecule has 0 aliphatic carbocycles. The molecule has 0 bridgehead atoms. The van der Waals surface area contributed by atoms with Crippen LogP contribution in [0, 0.1) is 5.92 Å². The topological polar surface area (TPSA) is 84.2 Å². The van der Waals surface area contributed by atoms with Gasteiger partial charge in [-0.05, 0) is 30.2 Å². The summed E-state index contributed by atoms with van der Waals surface area (Å²) in [6, 6.07) is 5.96. The third-order valence-corrected chi connectivity index (χ3v) is 2.91. The molecule has 2 heterocycles. The molecule has 2 amide bonds. The average Bonchev–Trinajstić information content (AvgIpc) is 2.99. The summed E-state index contributed by atoms with van der Waals surface area (Å²) in [5, 5.41) is 5.40. The summed E-state index contributed by atoms with van der Waals surface area (Å²) in [4.78, 5) is 28.2. The van der Waals surface area contributed by atoms with Gasteiger partial charge in [0.25, 0.3) is 5.91 Å². The molecule has 0 saturated carbocycles. The molecule has 1 atom stereocenters. The number of nitrogens with zero attached hydrogens (tertiary/aromatic N) is 1. The second kappa shape index (κ2) is 6.69. The van der Waals surface area contributed by atoms with Gasteiger partial charge in [-0.2, -0.15) is 0 Å². The van der Waals surface area contributed by atoms with Crippen LogP contribution in [-0.4, -0.2) is 22.8 Å². The van der Waals surface area contributed by atoms with Gasteiger partial charge in [0.15, 0.2) is 5.76 Å². The van der Waals surface area contributed by atoms with Crippen molar-refractivity contribution in [2.24, 2.45) is 5.92 Å². The zero-order chi connectivity index (χ0) is 15.2. The van der Waals surface area contributed by atoms with E-state index in [0.29, 0.717) is 5.69 Å². The van der Waals surface area contributed by atoms with Gasteiger partial charge >= 0.3 is 0 Å². The Hall–Kier alpha value is -2.63. The molecule has 2 N–H and O–H groups in total. The van der Waals surface area contributed by atoms with E-state index in [1.54, 1.807) is 36.7 Å². The van der Waals surface area contributed by atoms with Crippen molar-refractivity contribution in [1.29, 1.82) is 0 Å². The number of carbonyl (C=O) groups excluding carboxylic acids is 2. The number of amides is 2. The molecule has 6 nitrogen and oxygen atoms in total. The Morgan fingerprint density at radius 3 is 2.62 bits per heavy atom. The molecule has 0 saturated heterocycles. The number of furan rings is 1. The van der Waals surface area contributed by atoms with Crippen LogP contribution in [0.15, 0.2) is 47.3 Å². The Morgan fingerprint density at radius 1 is 1.24 bits per heavy atom. The highest BCUT2D eigenvalue weighted by atomic mass is 16.3. The molecule has 2 rings (SSSR count). The summed E-state index contributed by atoms with van der Waals surface area (Å²) in [5.74, 6) is -0.603. The van der Waals surface area contributed by atoms with Gasteiger partial charge in [-0.3, -0.25) is 14.6 Å². The molecular weight excluding hydrogens is 270 g/mol. The third-order valence-electron chi connectivity index (χ3n) is 2.91. The van der Waals surface area contributed by atoms with E-state index in [-0.39, 0.29) is 17.6 Å². The number of rotatable bonds is 5. The minimum absolute atomic E-state index is 0.0689. The van der Waals surface area contributed by atoms with E-state index in [1.165, 1.54) is 6.26 Å². The molecule has 0 aromatic carbocycles. The monoisotopic (exact) mass is 287 g/mol. The molecule has 2 aromatic heterocycles. The normalized spacial score (nSPS) is 12.0. The SMILES string of the molecule is CC(C)C(NC(=O)c1ccco1)C(=O)Nc1cccnc1. The Labute approximate surface area is 122 Å². The lowest BCUT2D eigenvalue weighted by Crippen LogP contribution is -2.47. The number of aromatic nitrogens is 1. The van der Waals surface area contributed by atoms with Gasteiger partial charge < -0.3 is 15.1 Å². The van der Waals surface area contributed by atoms with Gasteiger partial charge in [0.1, 0.15) is 6.04 Å². The first-order valence-electron chi connectivity index (χ1n) is 6.63. The Bertz CT molecular complexity index is 594. The number of anilines is 1. The predicted octanol–water partition coefficient (Wildman–Crippen LogP) is 2.07. The Morgan fingerprint density at radius 2 is 2.05 bits per heavy atom. The molecule has 0 fully saturated rings. The maximum absolute atomic E-state index is 12.3. The van der Waals surface area contributed by atoms with Crippen molar-refractivity contribution in [2.45, 2.75) is 19.9 Å². The summed E-state index contributed by atoms with van der Waals surface area (Å²) in [7, 11) is 0. The summed E-state index contributed by atoms with van der Waals surface area (Å²) < 4.78 is 5.02. The first-order valence-corrected chi connectivity index (χ1v) is 6.63. The summed E-state index contributed by atoms with van der Waals surface area (Å²) in [6.07, 6.45) is 4.58. The lowest BCUT2D eigenvalue weighted by molar-refractivity contribution is -0.118. The lowest BCUT2D eigenvalue weighted by Gasteiger charge is -2.21. The molecule has 0 spiro atoms. The van der Waals surface area contributed by atoms with Crippen LogP contribution in [0.25, 0.3) is 0 Å². The Balaban J connectivity index is 2.05. The second-order valence-electron chi connectivity index (χ2n) is 4.90. The number of pyridine rings is 1. The molecule has 6 heteroatoms. The zero-order valence-electron chi connectivity index (χ0n) is 11.9. The van der Waals surface area contributed by atoms with Crippen molar-refractivity contribution >= 4 is 17.5 Å². The standard InChI is InChI=1S/C15H17N3O3/c1-10(2)13(18-14(19)12-6-4-8-21-12)15(20)17-11-5-3-7-16-9-11/h3-10,13H,1-2H3,(H,17,20)(H,18,19). The maximum atomic E-state index is 12.3. The third kappa shape index (κ3) is 3.92. The number of hydrogen-bond donors (Lipinski definition) is 2. The van der Waals surface area contributed by atoms with E-state index in [0.717, 1.165) is 0 Å². The smallest absolute Gasteiger partial charge is 0.287 e. The molecule has 0 aliphatic heterocycles. The van der Waals surface area contributed by atoms with E-state index in [4.69, 9.17) is 4.42 Å². The molecule has 0 aliphatic rings. The van der Waals surface area contributed by atoms with Crippen molar-refractivity contribution in [1.82, 2.24) is 10.3 Å². The highest BCUT2D eigenvalue weighted by Gasteiger charge is 2.25. The largest absolute Gasteiger partial charge is 0.459 e. The number of hydrogen-bond acceptors (Lipinski definition) is 4. The molecule has 2 aromatic rings. The fourth-order valence-electron chi connectivity index (χ4n) is 1.81. The maximum Gasteiger partial charge on any atom is 0.287 e. The Kier molecular flexibility index (Phi) is 4.71. The molecular formula is C15H17N3O3. The van der Waals surface area contributed by atoms with Crippen molar-refractivity contribution in [3.63, 3.8) is 0 Å². The molecule has 21 heavy (non-hydrogen) atoms. The summed E-state index contributed by atoms with van der Waals surface area (Å²) in [6.45, 7) is 3.71. The van der Waals surface area contributed by atoms with Gasteiger partial charge in [-0.15, -0.1) is 0 Å². The zero-order valence-corrected chi connectivity index (χ0v) is 11.9. The second-order valence-corrected chi connectivity index (χ2v) is 4.90. The van der Waals surface area contributed by atoms with Crippen LogP contribution in [0.2, 0.25) is 0 Å². The van der Waals surface area contributed by atoms with E-state index in [9.17, 15) is 9.59 Å². The first kappa shape index (κ1) is 14.8. The minimum Gasteiger partial charge on any atom is -0.459 e. The van der Waals surface area contributed by atoms with Crippen LogP contribution >= 0.6 is 0 Å². The fourth-order valence-corrected chi connectivity index (χ4v) is 1.81. The lowest BCUT2D eigenvalue weighted by atomic mass is 10.0. The molecule has 1 unspecified atom stereocenters. The van der Waals surface area contributed by atoms with E-state index in [1.807, 2.05) is 13.8 Å². The van der Waals surface area contributed by atoms with E-state index < -0.39 is 11.9 Å². The quantitative estimate of drug-likeness (QED) is 0.881. The van der Waals surface area contributed by atoms with Crippen molar-refractivity contribution < 1.29 is 14.0 Å². The van der Waals surface area contributed by atoms with Crippen LogP contribution < -0.4 is 10.6 Å². The van der Waals surface area contributed by atoms with Crippen molar-refractivity contribution in [3.8, 4) is 0 Å². The highest BCUT2D eigenvalue weighted by Crippen LogP contribution is 2.09. The number of carbonyl (C=O) groups is 2. The van der Waals surface area contributed by atoms with Gasteiger partial charge in [0, 0.05) is 6.20 Å². The summed E-state index contributed by atoms with van der Waals surface area (Å²) >= 11 is 0. The molecule has 110 valence electrons. The van der Waals surface area contributed by atoms with Crippen LogP contribution in [0.5, 0.6) is 0 Å². The van der Waals surface area contributed by atoms with Crippen LogP contribution in [-0.2, 0) is 4.79 Å². The minimum atomic E-state index is -0.664. The fraction of sp³-hybridized carbons (Fsp3) is 0.267. The summed E-state index contributed by atoms with van der Waals surface area (Å²) in [5.41, 5.74) is 0.584. The van der Waals surface area contributed by atoms with Crippen molar-refractivity contribution in [2.75, 3.05) is 5.32 Å². The van der Waals surface area contributed by atoms with Gasteiger partial charge in [-0.1, -0.05) is 13.8 Å². The van der Waals surface area contributed by atoms with Gasteiger partial charge in [-0.25, -0.2) is 0 Å². The highest BCUT2D eigenvalue weighted by molar-refractivity contribution is 6.00. The van der Waals surface area contributed by atoms with E-state index in [2.05, 4.69) is 15.6 Å².